The number of nitrogens with zero attached hydrogens (tertiary/aromatic N) is 2. The molecule has 0 aliphatic rings. The maximum absolute atomic E-state index is 9.71. The van der Waals surface area contributed by atoms with Gasteiger partial charge in [0.2, 0.25) is 0 Å². The first-order valence-corrected chi connectivity index (χ1v) is 8.81. The van der Waals surface area contributed by atoms with Crippen LogP contribution in [0, 0.1) is 18.3 Å². The molecular formula is C22H23N3O2. The first-order valence-electron chi connectivity index (χ1n) is 8.81. The largest absolute Gasteiger partial charge is 0.497 e. The molecule has 138 valence electrons. The zero-order valence-electron chi connectivity index (χ0n) is 16.3. The molecule has 5 nitrogen and oxygen atoms in total. The van der Waals surface area contributed by atoms with Gasteiger partial charge in [-0.3, -0.25) is 0 Å². The van der Waals surface area contributed by atoms with Crippen molar-refractivity contribution in [2.45, 2.75) is 26.7 Å². The molecule has 3 rings (SSSR count). The zero-order valence-corrected chi connectivity index (χ0v) is 16.3. The van der Waals surface area contributed by atoms with E-state index in [1.165, 1.54) is 0 Å². The van der Waals surface area contributed by atoms with Gasteiger partial charge in [0.25, 0.3) is 0 Å². The number of hydrogen-bond acceptors (Lipinski definition) is 4. The summed E-state index contributed by atoms with van der Waals surface area (Å²) in [4.78, 5) is 7.76. The molecule has 0 amide bonds. The van der Waals surface area contributed by atoms with Gasteiger partial charge in [-0.25, -0.2) is 4.98 Å². The number of benzene rings is 2. The normalized spacial score (nSPS) is 11.7. The maximum atomic E-state index is 9.71. The molecule has 0 aliphatic carbocycles. The summed E-state index contributed by atoms with van der Waals surface area (Å²) in [5.41, 5.74) is 5.24. The number of fused-ring (bicyclic) bond motifs is 1. The number of nitrogens with one attached hydrogen (secondary N) is 1. The summed E-state index contributed by atoms with van der Waals surface area (Å²) in [6.45, 7) is 6.26. The van der Waals surface area contributed by atoms with Crippen molar-refractivity contribution in [2.24, 2.45) is 0 Å². The second-order valence-corrected chi connectivity index (χ2v) is 6.74. The van der Waals surface area contributed by atoms with Crippen molar-refractivity contribution in [1.82, 2.24) is 9.97 Å². The Morgan fingerprint density at radius 3 is 2.59 bits per heavy atom. The fourth-order valence-electron chi connectivity index (χ4n) is 3.05. The van der Waals surface area contributed by atoms with E-state index in [-0.39, 0.29) is 0 Å². The molecule has 1 N–H and O–H groups in total. The fraction of sp³-hybridized carbons (Fsp3) is 0.273. The van der Waals surface area contributed by atoms with E-state index in [2.05, 4.69) is 36.0 Å². The third kappa shape index (κ3) is 3.65. The van der Waals surface area contributed by atoms with Gasteiger partial charge in [-0.05, 0) is 59.9 Å². The number of rotatable bonds is 5. The molecule has 0 unspecified atom stereocenters. The quantitative estimate of drug-likeness (QED) is 0.644. The molecule has 1 heterocycles. The van der Waals surface area contributed by atoms with Crippen molar-refractivity contribution in [3.05, 3.63) is 52.8 Å². The van der Waals surface area contributed by atoms with E-state index in [1.54, 1.807) is 14.2 Å². The lowest BCUT2D eigenvalue weighted by molar-refractivity contribution is 0.407. The van der Waals surface area contributed by atoms with Crippen LogP contribution in [0.2, 0.25) is 0 Å². The molecule has 0 aliphatic heterocycles. The van der Waals surface area contributed by atoms with Crippen LogP contribution in [0.1, 0.15) is 42.3 Å². The standard InChI is InChI=1S/C22H23N3O2/c1-13(2)18-10-15(14(3)8-21(18)27-5)9-16(12-23)22-24-19-7-6-17(26-4)11-20(19)25-22/h6-11,13H,1-5H3,(H,24,25)/b16-9-. The molecule has 5 heteroatoms. The summed E-state index contributed by atoms with van der Waals surface area (Å²) in [5, 5.41) is 9.71. The van der Waals surface area contributed by atoms with Gasteiger partial charge in [0.1, 0.15) is 23.4 Å². The summed E-state index contributed by atoms with van der Waals surface area (Å²) in [7, 11) is 3.30. The molecule has 0 fully saturated rings. The Hall–Kier alpha value is -3.26. The number of aromatic amines is 1. The average molecular weight is 361 g/mol. The van der Waals surface area contributed by atoms with Crippen LogP contribution in [-0.2, 0) is 0 Å². The summed E-state index contributed by atoms with van der Waals surface area (Å²) in [5.74, 6) is 2.47. The van der Waals surface area contributed by atoms with Crippen LogP contribution in [0.25, 0.3) is 22.7 Å². The molecule has 0 atom stereocenters. The molecular weight excluding hydrogens is 338 g/mol. The van der Waals surface area contributed by atoms with Crippen molar-refractivity contribution < 1.29 is 9.47 Å². The smallest absolute Gasteiger partial charge is 0.149 e. The zero-order chi connectivity index (χ0) is 19.6. The Labute approximate surface area is 159 Å². The number of imidazole rings is 1. The van der Waals surface area contributed by atoms with E-state index >= 15 is 0 Å². The second-order valence-electron chi connectivity index (χ2n) is 6.74. The monoisotopic (exact) mass is 361 g/mol. The second kappa shape index (κ2) is 7.55. The third-order valence-electron chi connectivity index (χ3n) is 4.60. The van der Waals surface area contributed by atoms with E-state index in [4.69, 9.17) is 9.47 Å². The third-order valence-corrected chi connectivity index (χ3v) is 4.60. The first-order chi connectivity index (χ1) is 13.0. The number of hydrogen-bond donors (Lipinski definition) is 1. The molecule has 0 bridgehead atoms. The van der Waals surface area contributed by atoms with Gasteiger partial charge in [-0.1, -0.05) is 13.8 Å². The number of methoxy groups -OCH3 is 2. The summed E-state index contributed by atoms with van der Waals surface area (Å²) < 4.78 is 10.8. The topological polar surface area (TPSA) is 70.9 Å². The molecule has 27 heavy (non-hydrogen) atoms. The summed E-state index contributed by atoms with van der Waals surface area (Å²) in [6, 6.07) is 12.0. The van der Waals surface area contributed by atoms with E-state index in [1.807, 2.05) is 37.3 Å². The van der Waals surface area contributed by atoms with Crippen molar-refractivity contribution in [1.29, 1.82) is 5.26 Å². The van der Waals surface area contributed by atoms with Crippen molar-refractivity contribution in [3.63, 3.8) is 0 Å². The Morgan fingerprint density at radius 1 is 1.19 bits per heavy atom. The number of aromatic nitrogens is 2. The van der Waals surface area contributed by atoms with Crippen LogP contribution >= 0.6 is 0 Å². The molecule has 0 radical (unpaired) electrons. The Kier molecular flexibility index (Phi) is 5.18. The average Bonchev–Trinajstić information content (AvgIpc) is 3.09. The summed E-state index contributed by atoms with van der Waals surface area (Å²) in [6.07, 6.45) is 1.87. The summed E-state index contributed by atoms with van der Waals surface area (Å²) >= 11 is 0. The lowest BCUT2D eigenvalue weighted by Gasteiger charge is -2.14. The lowest BCUT2D eigenvalue weighted by atomic mass is 9.95. The van der Waals surface area contributed by atoms with Crippen LogP contribution in [0.4, 0.5) is 0 Å². The number of nitriles is 1. The highest BCUT2D eigenvalue weighted by molar-refractivity contribution is 5.91. The predicted octanol–water partition coefficient (Wildman–Crippen LogP) is 5.08. The first kappa shape index (κ1) is 18.5. The van der Waals surface area contributed by atoms with Crippen LogP contribution in [0.3, 0.4) is 0 Å². The lowest BCUT2D eigenvalue weighted by Crippen LogP contribution is -1.97. The highest BCUT2D eigenvalue weighted by Gasteiger charge is 2.13. The molecule has 2 aromatic carbocycles. The van der Waals surface area contributed by atoms with Gasteiger partial charge in [0.05, 0.1) is 30.8 Å². The highest BCUT2D eigenvalue weighted by Crippen LogP contribution is 2.31. The van der Waals surface area contributed by atoms with E-state index in [0.717, 1.165) is 39.2 Å². The highest BCUT2D eigenvalue weighted by atomic mass is 16.5. The fourth-order valence-corrected chi connectivity index (χ4v) is 3.05. The number of H-pyrrole nitrogens is 1. The van der Waals surface area contributed by atoms with Gasteiger partial charge in [-0.15, -0.1) is 0 Å². The van der Waals surface area contributed by atoms with Gasteiger partial charge in [-0.2, -0.15) is 5.26 Å². The number of ether oxygens (including phenoxy) is 2. The Morgan fingerprint density at radius 2 is 1.96 bits per heavy atom. The maximum Gasteiger partial charge on any atom is 0.149 e. The molecule has 3 aromatic rings. The Balaban J connectivity index is 2.09. The van der Waals surface area contributed by atoms with Gasteiger partial charge in [0, 0.05) is 6.07 Å². The number of allylic oxidation sites excluding steroid dienone is 1. The minimum Gasteiger partial charge on any atom is -0.497 e. The van der Waals surface area contributed by atoms with Crippen LogP contribution in [0.15, 0.2) is 30.3 Å². The van der Waals surface area contributed by atoms with Gasteiger partial charge in [0.15, 0.2) is 0 Å². The van der Waals surface area contributed by atoms with Crippen LogP contribution in [-0.4, -0.2) is 24.2 Å². The minimum absolute atomic E-state index is 0.317. The van der Waals surface area contributed by atoms with E-state index in [9.17, 15) is 5.26 Å². The van der Waals surface area contributed by atoms with Gasteiger partial charge >= 0.3 is 0 Å². The number of aryl methyl sites for hydroxylation is 1. The van der Waals surface area contributed by atoms with E-state index in [0.29, 0.717) is 17.3 Å². The molecule has 0 saturated carbocycles. The predicted molar refractivity (Wildman–Crippen MR) is 108 cm³/mol. The van der Waals surface area contributed by atoms with Gasteiger partial charge < -0.3 is 14.5 Å². The minimum atomic E-state index is 0.317. The Bertz CT molecular complexity index is 1060. The van der Waals surface area contributed by atoms with Crippen molar-refractivity contribution >= 4 is 22.7 Å². The molecule has 1 aromatic heterocycles. The van der Waals surface area contributed by atoms with E-state index < -0.39 is 0 Å². The molecule has 0 saturated heterocycles. The molecule has 0 spiro atoms. The SMILES string of the molecule is COc1ccc2nc(/C(C#N)=C\c3cc(C(C)C)c(OC)cc3C)[nH]c2c1. The van der Waals surface area contributed by atoms with Crippen LogP contribution < -0.4 is 9.47 Å². The van der Waals surface area contributed by atoms with Crippen molar-refractivity contribution in [2.75, 3.05) is 14.2 Å². The van der Waals surface area contributed by atoms with Crippen LogP contribution in [0.5, 0.6) is 11.5 Å². The van der Waals surface area contributed by atoms with Crippen molar-refractivity contribution in [3.8, 4) is 17.6 Å².